The van der Waals surface area contributed by atoms with Gasteiger partial charge in [-0.25, -0.2) is 0 Å². The molecule has 18 heavy (non-hydrogen) atoms. The minimum atomic E-state index is -0.781. The number of carboxylic acid groups (broad SMARTS) is 1. The summed E-state index contributed by atoms with van der Waals surface area (Å²) in [5.41, 5.74) is 0.568. The third-order valence-electron chi connectivity index (χ3n) is 3.57. The first-order valence-corrected chi connectivity index (χ1v) is 6.47. The highest BCUT2D eigenvalue weighted by atomic mass is 35.5. The Hall–Kier alpha value is -1.35. The molecule has 1 aliphatic rings. The first kappa shape index (κ1) is 13.1. The molecule has 1 aliphatic carbocycles. The highest BCUT2D eigenvalue weighted by Gasteiger charge is 2.34. The molecule has 1 saturated carbocycles. The zero-order chi connectivity index (χ0) is 13.1. The van der Waals surface area contributed by atoms with Crippen molar-refractivity contribution < 1.29 is 14.7 Å². The molecular weight excluding hydrogens is 252 g/mol. The number of halogens is 1. The lowest BCUT2D eigenvalue weighted by Gasteiger charge is -2.14. The molecule has 96 valence electrons. The Kier molecular flexibility index (Phi) is 4.02. The second kappa shape index (κ2) is 5.53. The number of carbonyl (C=O) groups is 2. The zero-order valence-corrected chi connectivity index (χ0v) is 10.7. The molecule has 0 radical (unpaired) electrons. The van der Waals surface area contributed by atoms with Crippen molar-refractivity contribution in [3.63, 3.8) is 0 Å². The lowest BCUT2D eigenvalue weighted by Crippen LogP contribution is -2.20. The van der Waals surface area contributed by atoms with Crippen LogP contribution in [0.2, 0.25) is 5.02 Å². The Labute approximate surface area is 111 Å². The van der Waals surface area contributed by atoms with Crippen molar-refractivity contribution in [1.82, 2.24) is 0 Å². The van der Waals surface area contributed by atoms with E-state index in [1.165, 1.54) is 0 Å². The van der Waals surface area contributed by atoms with Crippen LogP contribution in [-0.2, 0) is 4.79 Å². The molecule has 3 nitrogen and oxygen atoms in total. The largest absolute Gasteiger partial charge is 0.481 e. The smallest absolute Gasteiger partial charge is 0.306 e. The highest BCUT2D eigenvalue weighted by Crippen LogP contribution is 2.35. The standard InChI is InChI=1S/C14H15ClO3/c15-11-5-1-4-10(7-11)13(16)8-9-3-2-6-12(9)14(17)18/h1,4-5,7,9,12H,2-3,6,8H2,(H,17,18)/t9-,12+/m0/s1. The summed E-state index contributed by atoms with van der Waals surface area (Å²) in [6.07, 6.45) is 2.70. The van der Waals surface area contributed by atoms with Crippen LogP contribution in [-0.4, -0.2) is 16.9 Å². The number of benzene rings is 1. The summed E-state index contributed by atoms with van der Waals surface area (Å²) < 4.78 is 0. The van der Waals surface area contributed by atoms with Crippen molar-refractivity contribution in [1.29, 1.82) is 0 Å². The van der Waals surface area contributed by atoms with Gasteiger partial charge in [0.25, 0.3) is 0 Å². The highest BCUT2D eigenvalue weighted by molar-refractivity contribution is 6.31. The molecule has 0 aromatic heterocycles. The number of rotatable bonds is 4. The van der Waals surface area contributed by atoms with Crippen LogP contribution >= 0.6 is 11.6 Å². The average molecular weight is 267 g/mol. The van der Waals surface area contributed by atoms with E-state index in [1.807, 2.05) is 0 Å². The van der Waals surface area contributed by atoms with Gasteiger partial charge in [-0.15, -0.1) is 0 Å². The van der Waals surface area contributed by atoms with Gasteiger partial charge in [0, 0.05) is 17.0 Å². The summed E-state index contributed by atoms with van der Waals surface area (Å²) in [5, 5.41) is 9.61. The van der Waals surface area contributed by atoms with E-state index in [9.17, 15) is 9.59 Å². The molecule has 4 heteroatoms. The van der Waals surface area contributed by atoms with Crippen molar-refractivity contribution >= 4 is 23.4 Å². The summed E-state index contributed by atoms with van der Waals surface area (Å²) in [7, 11) is 0. The molecule has 0 bridgehead atoms. The van der Waals surface area contributed by atoms with E-state index < -0.39 is 5.97 Å². The number of Topliss-reactive ketones (excluding diaryl/α,β-unsaturated/α-hetero) is 1. The number of aliphatic carboxylic acids is 1. The maximum absolute atomic E-state index is 12.1. The van der Waals surface area contributed by atoms with Gasteiger partial charge in [-0.2, -0.15) is 0 Å². The molecule has 2 rings (SSSR count). The fraction of sp³-hybridized carbons (Fsp3) is 0.429. The minimum Gasteiger partial charge on any atom is -0.481 e. The lowest BCUT2D eigenvalue weighted by atomic mass is 9.89. The molecule has 1 fully saturated rings. The Morgan fingerprint density at radius 2 is 2.11 bits per heavy atom. The van der Waals surface area contributed by atoms with Crippen LogP contribution in [0.5, 0.6) is 0 Å². The second-order valence-electron chi connectivity index (χ2n) is 4.77. The summed E-state index contributed by atoms with van der Waals surface area (Å²) >= 11 is 5.84. The molecular formula is C14H15ClO3. The molecule has 0 amide bonds. The molecule has 0 aliphatic heterocycles. The van der Waals surface area contributed by atoms with E-state index >= 15 is 0 Å². The Morgan fingerprint density at radius 3 is 2.78 bits per heavy atom. The molecule has 0 heterocycles. The van der Waals surface area contributed by atoms with E-state index in [0.717, 1.165) is 12.8 Å². The van der Waals surface area contributed by atoms with Crippen molar-refractivity contribution in [3.05, 3.63) is 34.9 Å². The summed E-state index contributed by atoms with van der Waals surface area (Å²) in [6, 6.07) is 6.81. The SMILES string of the molecule is O=C(C[C@@H]1CCC[C@H]1C(=O)O)c1cccc(Cl)c1. The monoisotopic (exact) mass is 266 g/mol. The van der Waals surface area contributed by atoms with E-state index in [2.05, 4.69) is 0 Å². The number of carboxylic acids is 1. The van der Waals surface area contributed by atoms with Gasteiger partial charge in [0.1, 0.15) is 0 Å². The fourth-order valence-electron chi connectivity index (χ4n) is 2.62. The molecule has 1 aromatic rings. The maximum Gasteiger partial charge on any atom is 0.306 e. The Bertz CT molecular complexity index is 470. The van der Waals surface area contributed by atoms with Gasteiger partial charge in [0.2, 0.25) is 0 Å². The van der Waals surface area contributed by atoms with E-state index in [0.29, 0.717) is 23.4 Å². The summed E-state index contributed by atoms with van der Waals surface area (Å²) in [5.74, 6) is -1.20. The molecule has 1 aromatic carbocycles. The molecule has 1 N–H and O–H groups in total. The van der Waals surface area contributed by atoms with Gasteiger partial charge in [0.15, 0.2) is 5.78 Å². The van der Waals surface area contributed by atoms with Crippen LogP contribution in [0.25, 0.3) is 0 Å². The van der Waals surface area contributed by atoms with Gasteiger partial charge >= 0.3 is 5.97 Å². The van der Waals surface area contributed by atoms with Gasteiger partial charge in [-0.05, 0) is 30.9 Å². The maximum atomic E-state index is 12.1. The van der Waals surface area contributed by atoms with Crippen LogP contribution < -0.4 is 0 Å². The van der Waals surface area contributed by atoms with Crippen LogP contribution in [0.15, 0.2) is 24.3 Å². The predicted molar refractivity (Wildman–Crippen MR) is 68.9 cm³/mol. The normalized spacial score (nSPS) is 22.9. The van der Waals surface area contributed by atoms with Gasteiger partial charge < -0.3 is 5.11 Å². The predicted octanol–water partition coefficient (Wildman–Crippen LogP) is 3.41. The first-order chi connectivity index (χ1) is 8.58. The number of hydrogen-bond acceptors (Lipinski definition) is 2. The van der Waals surface area contributed by atoms with Gasteiger partial charge in [0.05, 0.1) is 5.92 Å². The van der Waals surface area contributed by atoms with E-state index in [1.54, 1.807) is 24.3 Å². The van der Waals surface area contributed by atoms with E-state index in [4.69, 9.17) is 16.7 Å². The van der Waals surface area contributed by atoms with E-state index in [-0.39, 0.29) is 17.6 Å². The summed E-state index contributed by atoms with van der Waals surface area (Å²) in [6.45, 7) is 0. The molecule has 0 saturated heterocycles. The lowest BCUT2D eigenvalue weighted by molar-refractivity contribution is -0.142. The topological polar surface area (TPSA) is 54.4 Å². The Balaban J connectivity index is 2.05. The average Bonchev–Trinajstić information content (AvgIpc) is 2.77. The van der Waals surface area contributed by atoms with Gasteiger partial charge in [-0.3, -0.25) is 9.59 Å². The fourth-order valence-corrected chi connectivity index (χ4v) is 2.81. The Morgan fingerprint density at radius 1 is 1.33 bits per heavy atom. The van der Waals surface area contributed by atoms with Crippen LogP contribution in [0, 0.1) is 11.8 Å². The number of ketones is 1. The second-order valence-corrected chi connectivity index (χ2v) is 5.21. The van der Waals surface area contributed by atoms with Gasteiger partial charge in [-0.1, -0.05) is 30.2 Å². The minimum absolute atomic E-state index is 0.0179. The zero-order valence-electron chi connectivity index (χ0n) is 9.93. The van der Waals surface area contributed by atoms with Crippen molar-refractivity contribution in [2.45, 2.75) is 25.7 Å². The van der Waals surface area contributed by atoms with Crippen molar-refractivity contribution in [2.24, 2.45) is 11.8 Å². The summed E-state index contributed by atoms with van der Waals surface area (Å²) in [4.78, 5) is 23.1. The molecule has 2 atom stereocenters. The third-order valence-corrected chi connectivity index (χ3v) is 3.81. The molecule has 0 spiro atoms. The van der Waals surface area contributed by atoms with Crippen LogP contribution in [0.4, 0.5) is 0 Å². The van der Waals surface area contributed by atoms with Crippen LogP contribution in [0.3, 0.4) is 0 Å². The van der Waals surface area contributed by atoms with Crippen molar-refractivity contribution in [2.75, 3.05) is 0 Å². The molecule has 0 unspecified atom stereocenters. The third kappa shape index (κ3) is 2.91. The first-order valence-electron chi connectivity index (χ1n) is 6.09. The van der Waals surface area contributed by atoms with Crippen molar-refractivity contribution in [3.8, 4) is 0 Å². The number of carbonyl (C=O) groups excluding carboxylic acids is 1. The van der Waals surface area contributed by atoms with Crippen LogP contribution in [0.1, 0.15) is 36.0 Å². The quantitative estimate of drug-likeness (QED) is 0.850. The number of hydrogen-bond donors (Lipinski definition) is 1.